The number of hydrogen-bond acceptors (Lipinski definition) is 8. The van der Waals surface area contributed by atoms with E-state index in [1.807, 2.05) is 6.92 Å². The molecule has 2 heterocycles. The molecule has 146 valence electrons. The summed E-state index contributed by atoms with van der Waals surface area (Å²) in [7, 11) is 0. The highest BCUT2D eigenvalue weighted by Crippen LogP contribution is 2.33. The first-order valence-electron chi connectivity index (χ1n) is 9.44. The quantitative estimate of drug-likeness (QED) is 0.624. The fourth-order valence-corrected chi connectivity index (χ4v) is 2.26. The third-order valence-electron chi connectivity index (χ3n) is 3.51. The Morgan fingerprint density at radius 3 is 2.89 bits per heavy atom. The molecular weight excluding hydrogens is 374 g/mol. The van der Waals surface area contributed by atoms with Gasteiger partial charge >= 0.3 is 6.61 Å². The van der Waals surface area contributed by atoms with Gasteiger partial charge in [0.05, 0.1) is 24.1 Å². The lowest BCUT2D eigenvalue weighted by molar-refractivity contribution is -0.0493. The van der Waals surface area contributed by atoms with Crippen molar-refractivity contribution in [2.75, 3.05) is 12.3 Å². The first-order chi connectivity index (χ1) is 14.7. The Kier molecular flexibility index (Phi) is 4.57. The number of halogens is 2. The molecule has 3 aromatic rings. The molecule has 0 bridgehead atoms. The highest BCUT2D eigenvalue weighted by molar-refractivity contribution is 5.98. The van der Waals surface area contributed by atoms with Gasteiger partial charge in [0, 0.05) is 16.7 Å². The van der Waals surface area contributed by atoms with Crippen molar-refractivity contribution < 1.29 is 22.4 Å². The average molecular weight is 393 g/mol. The lowest BCUT2D eigenvalue weighted by Crippen LogP contribution is -2.21. The van der Waals surface area contributed by atoms with Gasteiger partial charge in [0.1, 0.15) is 5.75 Å². The molecule has 0 unspecified atom stereocenters. The molecule has 0 atom stereocenters. The van der Waals surface area contributed by atoms with E-state index in [1.54, 1.807) is 5.32 Å². The van der Waals surface area contributed by atoms with Crippen LogP contribution >= 0.6 is 0 Å². The predicted molar refractivity (Wildman–Crippen MR) is 94.3 cm³/mol. The Bertz CT molecular complexity index is 1080. The Labute approximate surface area is 162 Å². The number of benzene rings is 1. The van der Waals surface area contributed by atoms with E-state index in [0.717, 1.165) is 0 Å². The largest absolute Gasteiger partial charge is 0.433 e. The van der Waals surface area contributed by atoms with E-state index in [0.29, 0.717) is 12.1 Å². The molecule has 0 spiro atoms. The minimum atomic E-state index is -3.14. The van der Waals surface area contributed by atoms with Gasteiger partial charge in [-0.3, -0.25) is 4.79 Å². The smallest absolute Gasteiger partial charge is 0.387 e. The molecule has 1 amide bonds. The van der Waals surface area contributed by atoms with Gasteiger partial charge in [-0.2, -0.15) is 18.7 Å². The van der Waals surface area contributed by atoms with Gasteiger partial charge < -0.3 is 15.4 Å². The molecular formula is C16H16F2N8O2. The van der Waals surface area contributed by atoms with Crippen molar-refractivity contribution in [2.45, 2.75) is 20.1 Å². The van der Waals surface area contributed by atoms with Crippen LogP contribution in [0.4, 0.5) is 20.2 Å². The summed E-state index contributed by atoms with van der Waals surface area (Å²) in [6.07, 6.45) is 1.24. The van der Waals surface area contributed by atoms with Gasteiger partial charge in [-0.25, -0.2) is 0 Å². The zero-order chi connectivity index (χ0) is 22.6. The maximum Gasteiger partial charge on any atom is 0.387 e. The lowest BCUT2D eigenvalue weighted by Gasteiger charge is -2.15. The molecule has 3 rings (SSSR count). The summed E-state index contributed by atoms with van der Waals surface area (Å²) in [4.78, 5) is 13.5. The minimum absolute atomic E-state index is 0.0265. The summed E-state index contributed by atoms with van der Waals surface area (Å²) in [5.74, 6) is -1.08. The number of nitrogens with one attached hydrogen (secondary N) is 2. The van der Waals surface area contributed by atoms with Crippen LogP contribution in [0.15, 0.2) is 30.5 Å². The van der Waals surface area contributed by atoms with Crippen LogP contribution in [0.2, 0.25) is 0 Å². The predicted octanol–water partition coefficient (Wildman–Crippen LogP) is 1.85. The Morgan fingerprint density at radius 1 is 1.32 bits per heavy atom. The molecule has 2 aromatic heterocycles. The molecule has 10 nitrogen and oxygen atoms in total. The first-order valence-corrected chi connectivity index (χ1v) is 7.94. The van der Waals surface area contributed by atoms with Crippen molar-refractivity contribution in [3.63, 3.8) is 0 Å². The van der Waals surface area contributed by atoms with Crippen LogP contribution in [-0.2, 0) is 6.54 Å². The van der Waals surface area contributed by atoms with Crippen LogP contribution in [-0.4, -0.2) is 49.9 Å². The average Bonchev–Trinajstić information content (AvgIpc) is 3.17. The molecule has 0 aliphatic rings. The lowest BCUT2D eigenvalue weighted by atomic mass is 10.1. The second-order valence-electron chi connectivity index (χ2n) is 5.26. The number of carbonyl (C=O) groups is 1. The van der Waals surface area contributed by atoms with Crippen LogP contribution in [0.3, 0.4) is 0 Å². The van der Waals surface area contributed by atoms with E-state index in [9.17, 15) is 13.6 Å². The van der Waals surface area contributed by atoms with E-state index in [4.69, 9.17) is 4.11 Å². The number of carbonyl (C=O) groups excluding carboxylic acids is 1. The molecule has 12 heteroatoms. The third kappa shape index (κ3) is 4.16. The molecule has 1 aromatic carbocycles. The maximum absolute atomic E-state index is 13.0. The second-order valence-corrected chi connectivity index (χ2v) is 5.26. The van der Waals surface area contributed by atoms with Crippen molar-refractivity contribution in [3.05, 3.63) is 36.2 Å². The highest BCUT2D eigenvalue weighted by Gasteiger charge is 2.17. The summed E-state index contributed by atoms with van der Waals surface area (Å²) in [6, 6.07) is 5.55. The summed E-state index contributed by atoms with van der Waals surface area (Å²) in [6.45, 7) is -3.60. The Hall–Kier alpha value is -3.70. The van der Waals surface area contributed by atoms with Gasteiger partial charge in [0.15, 0.2) is 5.69 Å². The Balaban J connectivity index is 1.95. The second kappa shape index (κ2) is 8.33. The summed E-state index contributed by atoms with van der Waals surface area (Å²) in [5, 5.41) is 23.5. The van der Waals surface area contributed by atoms with E-state index in [1.165, 1.54) is 35.3 Å². The normalized spacial score (nSPS) is 12.8. The number of aryl methyl sites for hydroxylation is 1. The number of rotatable bonds is 7. The SMILES string of the molecule is [2H]C([2H])([2H])NC(=O)c1nnccc1Nc1ccc(-c2nnn(CC)n2)cc1OC(F)F. The van der Waals surface area contributed by atoms with Crippen LogP contribution in [0.1, 0.15) is 21.5 Å². The van der Waals surface area contributed by atoms with Gasteiger partial charge in [0.2, 0.25) is 5.82 Å². The number of nitrogens with zero attached hydrogens (tertiary/aromatic N) is 6. The van der Waals surface area contributed by atoms with E-state index in [2.05, 4.69) is 35.7 Å². The van der Waals surface area contributed by atoms with Crippen molar-refractivity contribution in [1.29, 1.82) is 0 Å². The van der Waals surface area contributed by atoms with E-state index >= 15 is 0 Å². The topological polar surface area (TPSA) is 120 Å². The fraction of sp³-hybridized carbons (Fsp3) is 0.250. The minimum Gasteiger partial charge on any atom is -0.433 e. The maximum atomic E-state index is 13.0. The molecule has 0 aliphatic carbocycles. The monoisotopic (exact) mass is 393 g/mol. The Morgan fingerprint density at radius 2 is 2.18 bits per heavy atom. The van der Waals surface area contributed by atoms with Crippen LogP contribution < -0.4 is 15.4 Å². The van der Waals surface area contributed by atoms with Gasteiger partial charge in [-0.1, -0.05) is 0 Å². The first kappa shape index (κ1) is 15.4. The van der Waals surface area contributed by atoms with Crippen LogP contribution in [0, 0.1) is 0 Å². The third-order valence-corrected chi connectivity index (χ3v) is 3.51. The van der Waals surface area contributed by atoms with E-state index < -0.39 is 19.5 Å². The van der Waals surface area contributed by atoms with Crippen molar-refractivity contribution >= 4 is 17.3 Å². The van der Waals surface area contributed by atoms with Gasteiger partial charge in [0.25, 0.3) is 5.91 Å². The molecule has 2 N–H and O–H groups in total. The van der Waals surface area contributed by atoms with Crippen LogP contribution in [0.5, 0.6) is 5.75 Å². The molecule has 28 heavy (non-hydrogen) atoms. The summed E-state index contributed by atoms with van der Waals surface area (Å²) < 4.78 is 52.0. The highest BCUT2D eigenvalue weighted by atomic mass is 19.3. The van der Waals surface area contributed by atoms with Crippen molar-refractivity contribution in [3.8, 4) is 17.1 Å². The number of aromatic nitrogens is 6. The number of anilines is 2. The molecule has 0 saturated heterocycles. The molecule has 0 saturated carbocycles. The van der Waals surface area contributed by atoms with Gasteiger partial charge in [-0.05, 0) is 36.4 Å². The summed E-state index contributed by atoms with van der Waals surface area (Å²) >= 11 is 0. The number of ether oxygens (including phenoxy) is 1. The standard InChI is InChI=1S/C16H16F2N8O2/c1-3-26-24-14(23-25-26)9-4-5-10(12(8-9)28-16(17)18)21-11-6-7-20-22-13(11)15(27)19-2/h4-8,16H,3H2,1-2H3,(H,19,27)(H,20,21)/i2D3. The molecule has 0 fully saturated rings. The fourth-order valence-electron chi connectivity index (χ4n) is 2.26. The van der Waals surface area contributed by atoms with Crippen molar-refractivity contribution in [2.24, 2.45) is 0 Å². The van der Waals surface area contributed by atoms with Crippen molar-refractivity contribution in [1.82, 2.24) is 35.7 Å². The number of tetrazole rings is 1. The zero-order valence-corrected chi connectivity index (χ0v) is 14.4. The van der Waals surface area contributed by atoms with Gasteiger partial charge in [-0.15, -0.1) is 15.3 Å². The zero-order valence-electron chi connectivity index (χ0n) is 17.4. The molecule has 0 radical (unpaired) electrons. The number of amides is 1. The number of alkyl halides is 2. The number of hydrogen-bond donors (Lipinski definition) is 2. The summed E-state index contributed by atoms with van der Waals surface area (Å²) in [5.41, 5.74) is 0.105. The van der Waals surface area contributed by atoms with Crippen LogP contribution in [0.25, 0.3) is 11.4 Å². The van der Waals surface area contributed by atoms with E-state index in [-0.39, 0.29) is 28.6 Å². The molecule has 0 aliphatic heterocycles.